The Morgan fingerprint density at radius 1 is 1.15 bits per heavy atom. The molecule has 4 heteroatoms. The quantitative estimate of drug-likeness (QED) is 0.830. The molecule has 1 aliphatic rings. The van der Waals surface area contributed by atoms with Crippen molar-refractivity contribution in [3.8, 4) is 0 Å². The van der Waals surface area contributed by atoms with Crippen LogP contribution in [-0.2, 0) is 11.3 Å². The Morgan fingerprint density at radius 3 is 2.48 bits per heavy atom. The fourth-order valence-corrected chi connectivity index (χ4v) is 3.71. The zero-order valence-electron chi connectivity index (χ0n) is 16.4. The second-order valence-electron chi connectivity index (χ2n) is 7.41. The summed E-state index contributed by atoms with van der Waals surface area (Å²) < 4.78 is 0. The molecule has 0 unspecified atom stereocenters. The van der Waals surface area contributed by atoms with E-state index in [0.29, 0.717) is 18.5 Å². The van der Waals surface area contributed by atoms with Crippen molar-refractivity contribution in [2.24, 2.45) is 0 Å². The zero-order chi connectivity index (χ0) is 19.4. The van der Waals surface area contributed by atoms with E-state index in [1.54, 1.807) is 0 Å². The van der Waals surface area contributed by atoms with Crippen molar-refractivity contribution in [1.29, 1.82) is 0 Å². The van der Waals surface area contributed by atoms with Crippen molar-refractivity contribution < 1.29 is 9.59 Å². The van der Waals surface area contributed by atoms with Crippen LogP contribution in [0, 0.1) is 13.8 Å². The lowest BCUT2D eigenvalue weighted by atomic mass is 9.97. The molecule has 0 saturated carbocycles. The summed E-state index contributed by atoms with van der Waals surface area (Å²) in [6.07, 6.45) is 2.43. The Kier molecular flexibility index (Phi) is 5.94. The fourth-order valence-electron chi connectivity index (χ4n) is 3.71. The summed E-state index contributed by atoms with van der Waals surface area (Å²) in [5, 5.41) is 3.16. The van der Waals surface area contributed by atoms with E-state index in [1.807, 2.05) is 29.2 Å². The van der Waals surface area contributed by atoms with Crippen LogP contribution >= 0.6 is 0 Å². The summed E-state index contributed by atoms with van der Waals surface area (Å²) in [5.74, 6) is 0.154. The fraction of sp³-hybridized carbons (Fsp3) is 0.391. The number of hydrogen-bond acceptors (Lipinski definition) is 2. The van der Waals surface area contributed by atoms with Crippen LogP contribution in [-0.4, -0.2) is 23.3 Å². The maximum Gasteiger partial charge on any atom is 0.251 e. The van der Waals surface area contributed by atoms with E-state index in [-0.39, 0.29) is 17.9 Å². The standard InChI is InChI=1S/C23H28N2O2/c1-4-21(20-12-7-16(2)14-17(20)3)24-23(27)19-10-8-18(9-11-19)15-25-13-5-6-22(25)26/h7-12,14,21H,4-6,13,15H2,1-3H3,(H,24,27)/t21-/m0/s1. The van der Waals surface area contributed by atoms with Gasteiger partial charge in [-0.3, -0.25) is 9.59 Å². The van der Waals surface area contributed by atoms with Gasteiger partial charge < -0.3 is 10.2 Å². The van der Waals surface area contributed by atoms with Crippen LogP contribution in [0.3, 0.4) is 0 Å². The van der Waals surface area contributed by atoms with Crippen molar-refractivity contribution >= 4 is 11.8 Å². The molecule has 0 bridgehead atoms. The van der Waals surface area contributed by atoms with Crippen molar-refractivity contribution in [2.75, 3.05) is 6.54 Å². The maximum atomic E-state index is 12.7. The number of hydrogen-bond donors (Lipinski definition) is 1. The molecule has 1 N–H and O–H groups in total. The molecule has 4 nitrogen and oxygen atoms in total. The van der Waals surface area contributed by atoms with Gasteiger partial charge in [0.15, 0.2) is 0 Å². The third-order valence-electron chi connectivity index (χ3n) is 5.28. The Bertz CT molecular complexity index is 827. The first-order valence-electron chi connectivity index (χ1n) is 9.72. The van der Waals surface area contributed by atoms with Gasteiger partial charge in [0.05, 0.1) is 6.04 Å². The molecule has 2 aromatic rings. The third kappa shape index (κ3) is 4.57. The van der Waals surface area contributed by atoms with Crippen LogP contribution < -0.4 is 5.32 Å². The molecule has 0 spiro atoms. The van der Waals surface area contributed by atoms with Gasteiger partial charge >= 0.3 is 0 Å². The zero-order valence-corrected chi connectivity index (χ0v) is 16.4. The number of likely N-dealkylation sites (tertiary alicyclic amines) is 1. The summed E-state index contributed by atoms with van der Waals surface area (Å²) in [4.78, 5) is 26.3. The van der Waals surface area contributed by atoms with Crippen LogP contribution in [0.1, 0.15) is 64.8 Å². The number of carbonyl (C=O) groups excluding carboxylic acids is 2. The summed E-state index contributed by atoms with van der Waals surface area (Å²) in [7, 11) is 0. The molecule has 0 aromatic heterocycles. The summed E-state index contributed by atoms with van der Waals surface area (Å²) in [6.45, 7) is 7.70. The van der Waals surface area contributed by atoms with E-state index in [2.05, 4.69) is 44.3 Å². The smallest absolute Gasteiger partial charge is 0.251 e. The first-order valence-corrected chi connectivity index (χ1v) is 9.72. The summed E-state index contributed by atoms with van der Waals surface area (Å²) >= 11 is 0. The van der Waals surface area contributed by atoms with Gasteiger partial charge in [-0.25, -0.2) is 0 Å². The Hall–Kier alpha value is -2.62. The van der Waals surface area contributed by atoms with Crippen LogP contribution in [0.4, 0.5) is 0 Å². The topological polar surface area (TPSA) is 49.4 Å². The number of benzene rings is 2. The van der Waals surface area contributed by atoms with E-state index in [9.17, 15) is 9.59 Å². The van der Waals surface area contributed by atoms with Crippen molar-refractivity contribution in [1.82, 2.24) is 10.2 Å². The van der Waals surface area contributed by atoms with Gasteiger partial charge in [0.2, 0.25) is 5.91 Å². The highest BCUT2D eigenvalue weighted by Crippen LogP contribution is 2.22. The van der Waals surface area contributed by atoms with Crippen molar-refractivity contribution in [3.05, 3.63) is 70.3 Å². The highest BCUT2D eigenvalue weighted by Gasteiger charge is 2.20. The second-order valence-corrected chi connectivity index (χ2v) is 7.41. The monoisotopic (exact) mass is 364 g/mol. The first kappa shape index (κ1) is 19.2. The normalized spacial score (nSPS) is 15.1. The number of nitrogens with zero attached hydrogens (tertiary/aromatic N) is 1. The van der Waals surface area contributed by atoms with Crippen LogP contribution in [0.2, 0.25) is 0 Å². The predicted molar refractivity (Wildman–Crippen MR) is 108 cm³/mol. The minimum absolute atomic E-state index is 0.00000190. The van der Waals surface area contributed by atoms with Gasteiger partial charge in [-0.1, -0.05) is 42.8 Å². The van der Waals surface area contributed by atoms with Gasteiger partial charge in [-0.2, -0.15) is 0 Å². The van der Waals surface area contributed by atoms with Gasteiger partial charge in [0.25, 0.3) is 5.91 Å². The average molecular weight is 364 g/mol. The maximum absolute atomic E-state index is 12.7. The minimum atomic E-state index is -0.0642. The lowest BCUT2D eigenvalue weighted by molar-refractivity contribution is -0.128. The molecule has 1 atom stereocenters. The largest absolute Gasteiger partial charge is 0.345 e. The van der Waals surface area contributed by atoms with E-state index >= 15 is 0 Å². The molecular formula is C23H28N2O2. The first-order chi connectivity index (χ1) is 13.0. The molecule has 3 rings (SSSR count). The van der Waals surface area contributed by atoms with Crippen molar-refractivity contribution in [3.63, 3.8) is 0 Å². The molecular weight excluding hydrogens is 336 g/mol. The van der Waals surface area contributed by atoms with Gasteiger partial charge in [0.1, 0.15) is 0 Å². The lowest BCUT2D eigenvalue weighted by Gasteiger charge is -2.20. The summed E-state index contributed by atoms with van der Waals surface area (Å²) in [6, 6.07) is 13.9. The highest BCUT2D eigenvalue weighted by molar-refractivity contribution is 5.94. The number of carbonyl (C=O) groups is 2. The lowest BCUT2D eigenvalue weighted by Crippen LogP contribution is -2.28. The minimum Gasteiger partial charge on any atom is -0.345 e. The number of nitrogens with one attached hydrogen (secondary N) is 1. The molecule has 142 valence electrons. The Morgan fingerprint density at radius 2 is 1.89 bits per heavy atom. The molecule has 2 amide bonds. The van der Waals surface area contributed by atoms with E-state index in [1.165, 1.54) is 16.7 Å². The SMILES string of the molecule is CC[C@H](NC(=O)c1ccc(CN2CCCC2=O)cc1)c1ccc(C)cc1C. The second kappa shape index (κ2) is 8.38. The highest BCUT2D eigenvalue weighted by atomic mass is 16.2. The van der Waals surface area contributed by atoms with Gasteiger partial charge in [-0.15, -0.1) is 0 Å². The number of aryl methyl sites for hydroxylation is 2. The van der Waals surface area contributed by atoms with Crippen molar-refractivity contribution in [2.45, 2.75) is 52.6 Å². The Balaban J connectivity index is 1.66. The van der Waals surface area contributed by atoms with E-state index < -0.39 is 0 Å². The van der Waals surface area contributed by atoms with Gasteiger partial charge in [0, 0.05) is 25.1 Å². The third-order valence-corrected chi connectivity index (χ3v) is 5.28. The summed E-state index contributed by atoms with van der Waals surface area (Å²) in [5.41, 5.74) is 5.30. The molecule has 1 aliphatic heterocycles. The van der Waals surface area contributed by atoms with E-state index in [4.69, 9.17) is 0 Å². The average Bonchev–Trinajstić information content (AvgIpc) is 3.05. The molecule has 0 aliphatic carbocycles. The molecule has 0 radical (unpaired) electrons. The molecule has 27 heavy (non-hydrogen) atoms. The molecule has 1 fully saturated rings. The Labute approximate surface area is 161 Å². The van der Waals surface area contributed by atoms with E-state index in [0.717, 1.165) is 24.9 Å². The predicted octanol–water partition coefficient (Wildman–Crippen LogP) is 4.31. The molecule has 2 aromatic carbocycles. The van der Waals surface area contributed by atoms with Crippen LogP contribution in [0.25, 0.3) is 0 Å². The van der Waals surface area contributed by atoms with Crippen LogP contribution in [0.15, 0.2) is 42.5 Å². The van der Waals surface area contributed by atoms with Crippen LogP contribution in [0.5, 0.6) is 0 Å². The number of rotatable bonds is 6. The molecule has 1 saturated heterocycles. The molecule has 1 heterocycles. The van der Waals surface area contributed by atoms with Gasteiger partial charge in [-0.05, 0) is 55.5 Å². The number of amides is 2.